The molecule has 0 saturated heterocycles. The van der Waals surface area contributed by atoms with E-state index in [-0.39, 0.29) is 17.7 Å². The van der Waals surface area contributed by atoms with Crippen LogP contribution in [0, 0.1) is 0 Å². The Morgan fingerprint density at radius 2 is 0.914 bits per heavy atom. The van der Waals surface area contributed by atoms with Crippen molar-refractivity contribution in [2.75, 3.05) is 13.2 Å². The minimum Gasteiger partial charge on any atom is -0.415 e. The van der Waals surface area contributed by atoms with E-state index in [1.807, 2.05) is 13.1 Å². The van der Waals surface area contributed by atoms with Gasteiger partial charge in [0.15, 0.2) is 33.3 Å². The van der Waals surface area contributed by atoms with Crippen LogP contribution in [0.2, 0.25) is 97.2 Å². The van der Waals surface area contributed by atoms with E-state index >= 15 is 0 Å². The third kappa shape index (κ3) is 20.6. The molecule has 2 unspecified atom stereocenters. The van der Waals surface area contributed by atoms with Crippen LogP contribution in [0.5, 0.6) is 0 Å². The van der Waals surface area contributed by atoms with Crippen LogP contribution < -0.4 is 0 Å². The number of rotatable bonds is 17. The largest absolute Gasteiger partial charge is 0.459 e. The summed E-state index contributed by atoms with van der Waals surface area (Å²) in [7, 11) is -14.9. The highest BCUT2D eigenvalue weighted by Gasteiger charge is 2.43. The van der Waals surface area contributed by atoms with Gasteiger partial charge in [-0.25, -0.2) is 4.57 Å². The lowest BCUT2D eigenvalue weighted by atomic mass is 10.1. The average molecular weight is 607 g/mol. The lowest BCUT2D eigenvalue weighted by Crippen LogP contribution is -2.45. The zero-order chi connectivity index (χ0) is 28.1. The van der Waals surface area contributed by atoms with Crippen molar-refractivity contribution in [3.05, 3.63) is 0 Å². The molecule has 35 heavy (non-hydrogen) atoms. The molecule has 0 heterocycles. The van der Waals surface area contributed by atoms with Crippen LogP contribution in [0.3, 0.4) is 0 Å². The van der Waals surface area contributed by atoms with E-state index < -0.39 is 49.4 Å². The fourth-order valence-electron chi connectivity index (χ4n) is 3.67. The molecule has 212 valence electrons. The van der Waals surface area contributed by atoms with Crippen LogP contribution in [-0.2, 0) is 26.5 Å². The smallest absolute Gasteiger partial charge is 0.415 e. The van der Waals surface area contributed by atoms with Crippen LogP contribution in [0.1, 0.15) is 12.8 Å². The molecule has 0 aromatic heterocycles. The summed E-state index contributed by atoms with van der Waals surface area (Å²) in [6.07, 6.45) is 0.867. The average Bonchev–Trinajstić information content (AvgIpc) is 2.50. The van der Waals surface area contributed by atoms with Crippen LogP contribution in [0.15, 0.2) is 0 Å². The summed E-state index contributed by atoms with van der Waals surface area (Å²) >= 11 is 0. The van der Waals surface area contributed by atoms with Gasteiger partial charge in [-0.05, 0) is 110 Å². The molecule has 0 spiro atoms. The van der Waals surface area contributed by atoms with Gasteiger partial charge in [-0.3, -0.25) is 0 Å². The van der Waals surface area contributed by atoms with E-state index in [0.29, 0.717) is 26.1 Å². The van der Waals surface area contributed by atoms with Crippen molar-refractivity contribution in [1.29, 1.82) is 0 Å². The second kappa shape index (κ2) is 13.4. The van der Waals surface area contributed by atoms with Gasteiger partial charge in [0, 0.05) is 0 Å². The normalized spacial score (nSPS) is 17.4. The summed E-state index contributed by atoms with van der Waals surface area (Å²) in [5.41, 5.74) is -0.117. The Kier molecular flexibility index (Phi) is 13.8. The van der Waals surface area contributed by atoms with Crippen LogP contribution >= 0.6 is 7.82 Å². The van der Waals surface area contributed by atoms with Gasteiger partial charge in [0.05, 0.1) is 25.4 Å². The van der Waals surface area contributed by atoms with Crippen molar-refractivity contribution in [3.8, 4) is 0 Å². The molecule has 0 aliphatic carbocycles. The Labute approximate surface area is 220 Å². The monoisotopic (exact) mass is 606 g/mol. The van der Waals surface area contributed by atoms with E-state index in [0.717, 1.165) is 0 Å². The molecule has 0 aliphatic heterocycles. The fraction of sp³-hybridized carbons (Fsp3) is 1.00. The van der Waals surface area contributed by atoms with Crippen molar-refractivity contribution in [2.45, 2.75) is 122 Å². The lowest BCUT2D eigenvalue weighted by Gasteiger charge is -2.39. The van der Waals surface area contributed by atoms with Gasteiger partial charge < -0.3 is 31.7 Å². The first kappa shape index (κ1) is 36.0. The summed E-state index contributed by atoms with van der Waals surface area (Å²) in [4.78, 5) is 19.4. The molecule has 0 bridgehead atoms. The lowest BCUT2D eigenvalue weighted by molar-refractivity contribution is 0.0851. The molecule has 2 N–H and O–H groups in total. The van der Waals surface area contributed by atoms with E-state index in [1.54, 1.807) is 0 Å². The zero-order valence-corrected chi connectivity index (χ0v) is 30.7. The molecule has 0 fully saturated rings. The third-order valence-corrected chi connectivity index (χ3v) is 14.3. The topological polar surface area (TPSA) is 104 Å². The molecule has 8 nitrogen and oxygen atoms in total. The first-order valence-electron chi connectivity index (χ1n) is 12.6. The molecule has 0 radical (unpaired) electrons. The Hall–Kier alpha value is 1.03. The minimum atomic E-state index is -4.65. The van der Waals surface area contributed by atoms with E-state index in [4.69, 9.17) is 21.9 Å². The molecule has 0 amide bonds. The summed E-state index contributed by atoms with van der Waals surface area (Å²) in [5, 5.41) is 0. The third-order valence-electron chi connectivity index (χ3n) is 4.88. The highest BCUT2D eigenvalue weighted by atomic mass is 31.2. The second-order valence-electron chi connectivity index (χ2n) is 13.9. The Balaban J connectivity index is 6.13. The van der Waals surface area contributed by atoms with Crippen LogP contribution in [-0.4, -0.2) is 76.8 Å². The molecule has 0 aliphatic rings. The van der Waals surface area contributed by atoms with E-state index in [2.05, 4.69) is 78.6 Å². The van der Waals surface area contributed by atoms with Gasteiger partial charge >= 0.3 is 7.82 Å². The summed E-state index contributed by atoms with van der Waals surface area (Å²) in [5.74, 6) is 0. The van der Waals surface area contributed by atoms with Gasteiger partial charge in [-0.15, -0.1) is 0 Å². The Bertz CT molecular complexity index is 637. The summed E-state index contributed by atoms with van der Waals surface area (Å²) in [6, 6.07) is 0. The van der Waals surface area contributed by atoms with Crippen molar-refractivity contribution < 1.29 is 36.3 Å². The molecular formula is C21H55O8PSi5. The van der Waals surface area contributed by atoms with Gasteiger partial charge in [0.25, 0.3) is 0 Å². The molecule has 0 aromatic carbocycles. The maximum Gasteiger partial charge on any atom is 0.459 e. The molecule has 0 rings (SSSR count). The maximum atomic E-state index is 11.9. The van der Waals surface area contributed by atoms with E-state index in [1.165, 1.54) is 0 Å². The zero-order valence-electron chi connectivity index (χ0n) is 24.9. The van der Waals surface area contributed by atoms with Gasteiger partial charge in [-0.1, -0.05) is 0 Å². The van der Waals surface area contributed by atoms with Gasteiger partial charge in [0.2, 0.25) is 8.32 Å². The second-order valence-corrected chi connectivity index (χ2v) is 37.6. The van der Waals surface area contributed by atoms with E-state index in [9.17, 15) is 14.4 Å². The number of phosphoric acid groups is 1. The van der Waals surface area contributed by atoms with Gasteiger partial charge in [0.1, 0.15) is 0 Å². The summed E-state index contributed by atoms with van der Waals surface area (Å²) < 4.78 is 43.0. The Morgan fingerprint density at radius 1 is 0.600 bits per heavy atom. The van der Waals surface area contributed by atoms with Crippen molar-refractivity contribution in [3.63, 3.8) is 0 Å². The molecule has 0 aromatic rings. The van der Waals surface area contributed by atoms with Crippen LogP contribution in [0.4, 0.5) is 0 Å². The Morgan fingerprint density at radius 3 is 1.14 bits per heavy atom. The highest BCUT2D eigenvalue weighted by Crippen LogP contribution is 2.46. The fourth-order valence-corrected chi connectivity index (χ4v) is 12.1. The molecular weight excluding hydrogens is 552 g/mol. The quantitative estimate of drug-likeness (QED) is 0.141. The predicted molar refractivity (Wildman–Crippen MR) is 159 cm³/mol. The number of hydrogen-bond donors (Lipinski definition) is 2. The first-order valence-corrected chi connectivity index (χ1v) is 30.7. The minimum absolute atomic E-state index is 0.117. The molecule has 2 atom stereocenters. The predicted octanol–water partition coefficient (Wildman–Crippen LogP) is 6.59. The van der Waals surface area contributed by atoms with Crippen molar-refractivity contribution in [2.24, 2.45) is 0 Å². The molecule has 14 heteroatoms. The number of hydrogen-bond acceptors (Lipinski definition) is 6. The summed E-state index contributed by atoms with van der Waals surface area (Å²) in [6.45, 7) is 30.5. The maximum absolute atomic E-state index is 11.9. The van der Waals surface area contributed by atoms with Crippen molar-refractivity contribution >= 4 is 49.4 Å². The standard InChI is InChI=1S/C21H55O8PSi5/c1-31(2,3)25-17-19(27-33(7,8)9)15-21(35(13,14)29-30(22,23)24)16-20(28-34(10,11)12)18-26-32(4,5)6/h19-21H,15-18H2,1-14H3,(H2,22,23,24). The molecule has 0 saturated carbocycles. The van der Waals surface area contributed by atoms with Gasteiger partial charge in [-0.2, -0.15) is 0 Å². The SMILES string of the molecule is C[Si](C)(C)OCC(CC(CC(CO[Si](C)(C)C)O[Si](C)(C)C)[Si](C)(C)OP(=O)(O)O)O[Si](C)(C)C. The van der Waals surface area contributed by atoms with Crippen LogP contribution in [0.25, 0.3) is 0 Å². The first-order chi connectivity index (χ1) is 15.2. The van der Waals surface area contributed by atoms with Crippen molar-refractivity contribution in [1.82, 2.24) is 0 Å². The highest BCUT2D eigenvalue weighted by molar-refractivity contribution is 7.48.